The minimum absolute atomic E-state index is 0.624. The third-order valence-electron chi connectivity index (χ3n) is 4.53. The van der Waals surface area contributed by atoms with Gasteiger partial charge in [0.05, 0.1) is 38.4 Å². The number of para-hydroxylation sites is 1. The van der Waals surface area contributed by atoms with Gasteiger partial charge in [0.25, 0.3) is 0 Å². The van der Waals surface area contributed by atoms with Gasteiger partial charge in [-0.1, -0.05) is 12.1 Å². The number of ether oxygens (including phenoxy) is 3. The maximum Gasteiger partial charge on any atom is 0.178 e. The van der Waals surface area contributed by atoms with Crippen LogP contribution in [0.15, 0.2) is 41.4 Å². The lowest BCUT2D eigenvalue weighted by atomic mass is 9.99. The van der Waals surface area contributed by atoms with E-state index in [2.05, 4.69) is 15.5 Å². The zero-order valence-corrected chi connectivity index (χ0v) is 15.6. The molecule has 0 bridgehead atoms. The highest BCUT2D eigenvalue weighted by Crippen LogP contribution is 2.42. The van der Waals surface area contributed by atoms with Crippen LogP contribution in [0.3, 0.4) is 0 Å². The fourth-order valence-electron chi connectivity index (χ4n) is 3.17. The van der Waals surface area contributed by atoms with Gasteiger partial charge < -0.3 is 19.5 Å². The van der Waals surface area contributed by atoms with Gasteiger partial charge in [0.15, 0.2) is 17.3 Å². The molecule has 0 amide bonds. The lowest BCUT2D eigenvalue weighted by molar-refractivity contribution is 0.355. The fourth-order valence-corrected chi connectivity index (χ4v) is 3.17. The molecule has 27 heavy (non-hydrogen) atoms. The van der Waals surface area contributed by atoms with Gasteiger partial charge in [-0.15, -0.1) is 0 Å². The van der Waals surface area contributed by atoms with Crippen LogP contribution in [-0.4, -0.2) is 37.2 Å². The highest BCUT2D eigenvalue weighted by atomic mass is 16.5. The second-order valence-electron chi connectivity index (χ2n) is 6.08. The van der Waals surface area contributed by atoms with E-state index in [1.165, 1.54) is 0 Å². The highest BCUT2D eigenvalue weighted by molar-refractivity contribution is 6.20. The highest BCUT2D eigenvalue weighted by Gasteiger charge is 2.25. The molecule has 3 aromatic rings. The lowest BCUT2D eigenvalue weighted by Gasteiger charge is -2.16. The number of anilines is 2. The maximum absolute atomic E-state index is 5.57. The average Bonchev–Trinajstić information content (AvgIpc) is 2.96. The number of nitrogens with one attached hydrogen (secondary N) is 2. The molecule has 138 valence electrons. The molecule has 0 atom stereocenters. The fraction of sp³-hybridized carbons (Fsp3) is 0.200. The van der Waals surface area contributed by atoms with Crippen LogP contribution >= 0.6 is 0 Å². The zero-order chi connectivity index (χ0) is 19.0. The number of hydrogen-bond donors (Lipinski definition) is 2. The molecule has 1 aromatic heterocycles. The standard InChI is InChI=1S/C20H20N4O3/c1-11-18-20(24-23-11)21-14-10-17(27-4)16(26-3)9-13(14)19(22-18)12-7-5-6-8-15(12)25-2/h5-10H,1-4H3,(H2,21,23,24). The summed E-state index contributed by atoms with van der Waals surface area (Å²) in [6, 6.07) is 11.6. The topological polar surface area (TPSA) is 80.8 Å². The predicted octanol–water partition coefficient (Wildman–Crippen LogP) is 3.97. The van der Waals surface area contributed by atoms with Gasteiger partial charge in [0.2, 0.25) is 0 Å². The van der Waals surface area contributed by atoms with Crippen molar-refractivity contribution in [1.82, 2.24) is 10.2 Å². The van der Waals surface area contributed by atoms with Gasteiger partial charge in [-0.3, -0.25) is 5.10 Å². The van der Waals surface area contributed by atoms with Crippen LogP contribution in [0.25, 0.3) is 0 Å². The lowest BCUT2D eigenvalue weighted by Crippen LogP contribution is -2.08. The van der Waals surface area contributed by atoms with Gasteiger partial charge in [0.1, 0.15) is 11.4 Å². The summed E-state index contributed by atoms with van der Waals surface area (Å²) in [6.07, 6.45) is 0. The number of rotatable bonds is 4. The van der Waals surface area contributed by atoms with Gasteiger partial charge in [-0.05, 0) is 25.1 Å². The summed E-state index contributed by atoms with van der Waals surface area (Å²) in [7, 11) is 4.88. The van der Waals surface area contributed by atoms with Crippen LogP contribution in [0.2, 0.25) is 0 Å². The Kier molecular flexibility index (Phi) is 4.19. The van der Waals surface area contributed by atoms with Crippen LogP contribution in [-0.2, 0) is 0 Å². The Hall–Kier alpha value is -3.48. The molecule has 7 nitrogen and oxygen atoms in total. The number of aryl methyl sites for hydroxylation is 1. The molecule has 0 saturated carbocycles. The Balaban J connectivity index is 2.03. The van der Waals surface area contributed by atoms with Crippen molar-refractivity contribution in [3.63, 3.8) is 0 Å². The second-order valence-corrected chi connectivity index (χ2v) is 6.08. The number of aliphatic imine (C=N–C) groups is 1. The van der Waals surface area contributed by atoms with Crippen LogP contribution in [0.1, 0.15) is 16.8 Å². The molecule has 2 N–H and O–H groups in total. The van der Waals surface area contributed by atoms with Crippen molar-refractivity contribution in [3.05, 3.63) is 53.2 Å². The largest absolute Gasteiger partial charge is 0.496 e. The van der Waals surface area contributed by atoms with E-state index >= 15 is 0 Å². The molecule has 7 heteroatoms. The predicted molar refractivity (Wildman–Crippen MR) is 104 cm³/mol. The van der Waals surface area contributed by atoms with Gasteiger partial charge in [-0.25, -0.2) is 4.99 Å². The molecule has 0 spiro atoms. The van der Waals surface area contributed by atoms with E-state index in [-0.39, 0.29) is 0 Å². The van der Waals surface area contributed by atoms with E-state index in [0.717, 1.165) is 39.7 Å². The minimum Gasteiger partial charge on any atom is -0.496 e. The van der Waals surface area contributed by atoms with Crippen molar-refractivity contribution in [2.75, 3.05) is 26.6 Å². The molecule has 0 fully saturated rings. The molecule has 0 unspecified atom stereocenters. The molecule has 0 saturated heterocycles. The van der Waals surface area contributed by atoms with Gasteiger partial charge in [-0.2, -0.15) is 5.10 Å². The summed E-state index contributed by atoms with van der Waals surface area (Å²) in [4.78, 5) is 4.93. The van der Waals surface area contributed by atoms with Crippen molar-refractivity contribution in [2.45, 2.75) is 6.92 Å². The Morgan fingerprint density at radius 3 is 2.30 bits per heavy atom. The van der Waals surface area contributed by atoms with E-state index in [1.54, 1.807) is 21.3 Å². The Morgan fingerprint density at radius 2 is 1.56 bits per heavy atom. The first-order valence-electron chi connectivity index (χ1n) is 8.46. The summed E-state index contributed by atoms with van der Waals surface area (Å²) in [5, 5.41) is 10.7. The average molecular weight is 364 g/mol. The molecule has 0 aliphatic carbocycles. The summed E-state index contributed by atoms with van der Waals surface area (Å²) >= 11 is 0. The second kappa shape index (κ2) is 6.68. The third kappa shape index (κ3) is 2.77. The van der Waals surface area contributed by atoms with Crippen LogP contribution in [0, 0.1) is 6.92 Å². The maximum atomic E-state index is 5.57. The van der Waals surface area contributed by atoms with Crippen molar-refractivity contribution in [3.8, 4) is 17.2 Å². The van der Waals surface area contributed by atoms with E-state index in [4.69, 9.17) is 19.2 Å². The third-order valence-corrected chi connectivity index (χ3v) is 4.53. The van der Waals surface area contributed by atoms with Crippen molar-refractivity contribution in [2.24, 2.45) is 4.99 Å². The molecule has 2 heterocycles. The Morgan fingerprint density at radius 1 is 0.852 bits per heavy atom. The summed E-state index contributed by atoms with van der Waals surface area (Å²) in [6.45, 7) is 1.94. The normalized spacial score (nSPS) is 12.2. The molecule has 1 aliphatic heterocycles. The summed E-state index contributed by atoms with van der Waals surface area (Å²) in [5.41, 5.74) is 4.96. The molecule has 4 rings (SSSR count). The quantitative estimate of drug-likeness (QED) is 0.573. The monoisotopic (exact) mass is 364 g/mol. The van der Waals surface area contributed by atoms with Gasteiger partial charge in [0, 0.05) is 17.2 Å². The SMILES string of the molecule is COc1cc2c(cc1OC)C(c1ccccc1OC)=Nc1c(n[nH]c1C)N2. The number of methoxy groups -OCH3 is 3. The van der Waals surface area contributed by atoms with Crippen LogP contribution in [0.5, 0.6) is 17.2 Å². The number of aromatic amines is 1. The molecule has 1 aliphatic rings. The number of fused-ring (bicyclic) bond motifs is 2. The van der Waals surface area contributed by atoms with Crippen molar-refractivity contribution >= 4 is 22.9 Å². The Labute approximate surface area is 157 Å². The summed E-state index contributed by atoms with van der Waals surface area (Å²) in [5.74, 6) is 2.64. The minimum atomic E-state index is 0.624. The molecular weight excluding hydrogens is 344 g/mol. The van der Waals surface area contributed by atoms with E-state index in [9.17, 15) is 0 Å². The van der Waals surface area contributed by atoms with E-state index in [1.807, 2.05) is 43.3 Å². The molecule has 2 aromatic carbocycles. The number of hydrogen-bond acceptors (Lipinski definition) is 6. The van der Waals surface area contributed by atoms with E-state index < -0.39 is 0 Å². The summed E-state index contributed by atoms with van der Waals surface area (Å²) < 4.78 is 16.5. The van der Waals surface area contributed by atoms with Gasteiger partial charge >= 0.3 is 0 Å². The Bertz CT molecular complexity index is 1040. The first-order chi connectivity index (χ1) is 13.2. The van der Waals surface area contributed by atoms with Crippen LogP contribution in [0.4, 0.5) is 17.2 Å². The first kappa shape index (κ1) is 17.0. The van der Waals surface area contributed by atoms with Crippen LogP contribution < -0.4 is 19.5 Å². The molecular formula is C20H20N4O3. The molecule has 0 radical (unpaired) electrons. The first-order valence-corrected chi connectivity index (χ1v) is 8.46. The number of H-pyrrole nitrogens is 1. The van der Waals surface area contributed by atoms with E-state index in [0.29, 0.717) is 17.3 Å². The smallest absolute Gasteiger partial charge is 0.178 e. The van der Waals surface area contributed by atoms with Crippen molar-refractivity contribution < 1.29 is 14.2 Å². The zero-order valence-electron chi connectivity index (χ0n) is 15.6. The number of benzene rings is 2. The number of aromatic nitrogens is 2. The van der Waals surface area contributed by atoms with Crippen molar-refractivity contribution in [1.29, 1.82) is 0 Å². The number of nitrogens with zero attached hydrogens (tertiary/aromatic N) is 2.